The van der Waals surface area contributed by atoms with Gasteiger partial charge in [-0.3, -0.25) is 4.99 Å². The van der Waals surface area contributed by atoms with Crippen LogP contribution in [0.3, 0.4) is 0 Å². The van der Waals surface area contributed by atoms with Crippen LogP contribution in [0.15, 0.2) is 17.1 Å². The normalized spacial score (nSPS) is 13.1. The number of nitrogens with one attached hydrogen (secondary N) is 1. The first-order valence-electron chi connectivity index (χ1n) is 5.38. The van der Waals surface area contributed by atoms with E-state index in [-0.39, 0.29) is 6.61 Å². The van der Waals surface area contributed by atoms with Gasteiger partial charge in [0.2, 0.25) is 5.88 Å². The lowest BCUT2D eigenvalue weighted by Crippen LogP contribution is -2.10. The third-order valence-corrected chi connectivity index (χ3v) is 2.27. The molecule has 5 nitrogen and oxygen atoms in total. The van der Waals surface area contributed by atoms with E-state index in [9.17, 15) is 0 Å². The van der Waals surface area contributed by atoms with Crippen LogP contribution in [0.5, 0.6) is 5.88 Å². The van der Waals surface area contributed by atoms with E-state index >= 15 is 0 Å². The van der Waals surface area contributed by atoms with Crippen LogP contribution in [0.25, 0.3) is 0 Å². The van der Waals surface area contributed by atoms with Gasteiger partial charge in [-0.2, -0.15) is 4.98 Å². The molecule has 0 unspecified atom stereocenters. The van der Waals surface area contributed by atoms with Crippen LogP contribution in [0.2, 0.25) is 0 Å². The van der Waals surface area contributed by atoms with Gasteiger partial charge in [0, 0.05) is 24.5 Å². The van der Waals surface area contributed by atoms with Crippen molar-refractivity contribution in [2.45, 2.75) is 12.8 Å². The topological polar surface area (TPSA) is 66.7 Å². The number of pyridine rings is 1. The summed E-state index contributed by atoms with van der Waals surface area (Å²) in [4.78, 5) is 8.41. The molecule has 0 spiro atoms. The summed E-state index contributed by atoms with van der Waals surface area (Å²) in [5.74, 6) is 1.43. The van der Waals surface area contributed by atoms with Gasteiger partial charge >= 0.3 is 0 Å². The zero-order chi connectivity index (χ0) is 11.2. The number of unbranched alkanes of at least 4 members (excludes halogenated alkanes) is 1. The Balaban J connectivity index is 1.93. The van der Waals surface area contributed by atoms with Crippen molar-refractivity contribution in [1.29, 1.82) is 0 Å². The molecule has 0 aliphatic carbocycles. The van der Waals surface area contributed by atoms with Crippen LogP contribution >= 0.6 is 0 Å². The Labute approximate surface area is 94.2 Å². The second kappa shape index (κ2) is 5.46. The van der Waals surface area contributed by atoms with E-state index in [1.807, 2.05) is 12.1 Å². The largest absolute Gasteiger partial charge is 0.478 e. The second-order valence-electron chi connectivity index (χ2n) is 3.51. The zero-order valence-electron chi connectivity index (χ0n) is 9.02. The number of rotatable bonds is 5. The number of aliphatic imine (C=N–C) groups is 1. The highest BCUT2D eigenvalue weighted by molar-refractivity contribution is 5.87. The molecule has 1 aromatic rings. The van der Waals surface area contributed by atoms with Crippen LogP contribution < -0.4 is 10.1 Å². The lowest BCUT2D eigenvalue weighted by Gasteiger charge is -2.12. The zero-order valence-corrected chi connectivity index (χ0v) is 9.02. The fourth-order valence-corrected chi connectivity index (χ4v) is 1.43. The van der Waals surface area contributed by atoms with E-state index in [0.29, 0.717) is 19.2 Å². The van der Waals surface area contributed by atoms with Crippen LogP contribution in [-0.4, -0.2) is 36.2 Å². The first-order chi connectivity index (χ1) is 7.90. The fraction of sp³-hybridized carbons (Fsp3) is 0.455. The van der Waals surface area contributed by atoms with Gasteiger partial charge in [-0.15, -0.1) is 0 Å². The third-order valence-electron chi connectivity index (χ3n) is 2.27. The van der Waals surface area contributed by atoms with Crippen LogP contribution in [-0.2, 0) is 0 Å². The highest BCUT2D eigenvalue weighted by Crippen LogP contribution is 2.18. The van der Waals surface area contributed by atoms with Gasteiger partial charge in [0.1, 0.15) is 12.5 Å². The first kappa shape index (κ1) is 10.9. The lowest BCUT2D eigenvalue weighted by molar-refractivity contribution is 0.249. The molecule has 2 heterocycles. The Kier molecular flexibility index (Phi) is 3.71. The predicted octanol–water partition coefficient (Wildman–Crippen LogP) is 1.03. The molecule has 0 amide bonds. The number of ether oxygens (including phenoxy) is 1. The molecular formula is C11H15N3O2. The molecule has 0 bridgehead atoms. The van der Waals surface area contributed by atoms with Crippen molar-refractivity contribution >= 4 is 12.0 Å². The van der Waals surface area contributed by atoms with Crippen molar-refractivity contribution in [2.24, 2.45) is 4.99 Å². The van der Waals surface area contributed by atoms with Gasteiger partial charge in [0.25, 0.3) is 0 Å². The molecule has 0 radical (unpaired) electrons. The van der Waals surface area contributed by atoms with E-state index in [0.717, 1.165) is 24.2 Å². The maximum atomic E-state index is 8.63. The molecule has 1 aromatic heterocycles. The fourth-order valence-electron chi connectivity index (χ4n) is 1.43. The van der Waals surface area contributed by atoms with E-state index in [2.05, 4.69) is 15.3 Å². The highest BCUT2D eigenvalue weighted by atomic mass is 16.5. The average molecular weight is 221 g/mol. The van der Waals surface area contributed by atoms with Gasteiger partial charge in [-0.1, -0.05) is 0 Å². The Bertz CT molecular complexity index is 379. The molecule has 0 aromatic carbocycles. The number of hydrogen-bond acceptors (Lipinski definition) is 5. The maximum absolute atomic E-state index is 8.63. The van der Waals surface area contributed by atoms with Crippen molar-refractivity contribution in [1.82, 2.24) is 4.98 Å². The summed E-state index contributed by atoms with van der Waals surface area (Å²) in [5, 5.41) is 11.7. The van der Waals surface area contributed by atoms with Gasteiger partial charge < -0.3 is 15.2 Å². The van der Waals surface area contributed by atoms with E-state index < -0.39 is 0 Å². The van der Waals surface area contributed by atoms with Gasteiger partial charge in [-0.25, -0.2) is 0 Å². The van der Waals surface area contributed by atoms with Crippen molar-refractivity contribution < 1.29 is 9.84 Å². The third kappa shape index (κ3) is 2.70. The first-order valence-corrected chi connectivity index (χ1v) is 5.38. The number of aromatic nitrogens is 1. The van der Waals surface area contributed by atoms with Crippen LogP contribution in [0.1, 0.15) is 18.4 Å². The predicted molar refractivity (Wildman–Crippen MR) is 62.1 cm³/mol. The molecule has 1 aliphatic heterocycles. The quantitative estimate of drug-likeness (QED) is 0.729. The standard InChI is InChI=1S/C11H15N3O2/c15-5-1-2-6-16-10-4-3-9-7-12-8-13-11(9)14-10/h3-4,7,15H,1-2,5-6,8H2,(H,13,14). The Morgan fingerprint density at radius 3 is 3.19 bits per heavy atom. The lowest BCUT2D eigenvalue weighted by atomic mass is 10.2. The van der Waals surface area contributed by atoms with E-state index in [4.69, 9.17) is 9.84 Å². The summed E-state index contributed by atoms with van der Waals surface area (Å²) in [6, 6.07) is 3.76. The Morgan fingerprint density at radius 1 is 1.38 bits per heavy atom. The Morgan fingerprint density at radius 2 is 2.31 bits per heavy atom. The summed E-state index contributed by atoms with van der Waals surface area (Å²) in [6.45, 7) is 1.35. The molecule has 0 saturated carbocycles. The second-order valence-corrected chi connectivity index (χ2v) is 3.51. The molecule has 1 aliphatic rings. The minimum Gasteiger partial charge on any atom is -0.478 e. The number of aliphatic hydroxyl groups excluding tert-OH is 1. The van der Waals surface area contributed by atoms with Crippen molar-refractivity contribution in [3.63, 3.8) is 0 Å². The molecule has 5 heteroatoms. The summed E-state index contributed by atoms with van der Waals surface area (Å²) in [5.41, 5.74) is 0.981. The molecule has 86 valence electrons. The number of nitrogens with zero attached hydrogens (tertiary/aromatic N) is 2. The van der Waals surface area contributed by atoms with Gasteiger partial charge in [0.05, 0.1) is 6.61 Å². The summed E-state index contributed by atoms with van der Waals surface area (Å²) < 4.78 is 5.47. The van der Waals surface area contributed by atoms with Crippen molar-refractivity contribution in [3.05, 3.63) is 17.7 Å². The monoisotopic (exact) mass is 221 g/mol. The summed E-state index contributed by atoms with van der Waals surface area (Å²) in [7, 11) is 0. The van der Waals surface area contributed by atoms with E-state index in [1.54, 1.807) is 6.21 Å². The Hall–Kier alpha value is -1.62. The SMILES string of the molecule is OCCCCOc1ccc2c(n1)NCN=C2. The minimum absolute atomic E-state index is 0.207. The number of hydrogen-bond donors (Lipinski definition) is 2. The minimum atomic E-state index is 0.207. The average Bonchev–Trinajstić information content (AvgIpc) is 2.34. The molecule has 0 atom stereocenters. The molecule has 0 saturated heterocycles. The van der Waals surface area contributed by atoms with E-state index in [1.165, 1.54) is 0 Å². The molecule has 2 rings (SSSR count). The summed E-state index contributed by atoms with van der Waals surface area (Å²) >= 11 is 0. The molecule has 16 heavy (non-hydrogen) atoms. The summed E-state index contributed by atoms with van der Waals surface area (Å²) in [6.07, 6.45) is 3.40. The molecule has 0 fully saturated rings. The number of anilines is 1. The van der Waals surface area contributed by atoms with Crippen molar-refractivity contribution in [3.8, 4) is 5.88 Å². The van der Waals surface area contributed by atoms with Crippen LogP contribution in [0.4, 0.5) is 5.82 Å². The smallest absolute Gasteiger partial charge is 0.215 e. The highest BCUT2D eigenvalue weighted by Gasteiger charge is 2.07. The van der Waals surface area contributed by atoms with Crippen LogP contribution in [0, 0.1) is 0 Å². The number of aliphatic hydroxyl groups is 1. The molecule has 2 N–H and O–H groups in total. The van der Waals surface area contributed by atoms with Gasteiger partial charge in [0.15, 0.2) is 0 Å². The van der Waals surface area contributed by atoms with Gasteiger partial charge in [-0.05, 0) is 18.9 Å². The van der Waals surface area contributed by atoms with Crippen molar-refractivity contribution in [2.75, 3.05) is 25.2 Å². The maximum Gasteiger partial charge on any atom is 0.215 e. The number of fused-ring (bicyclic) bond motifs is 1. The molecular weight excluding hydrogens is 206 g/mol.